The number of thiazole rings is 1. The Balaban J connectivity index is 2.08. The molecule has 0 spiro atoms. The Morgan fingerprint density at radius 2 is 1.71 bits per heavy atom. The van der Waals surface area contributed by atoms with E-state index in [-0.39, 0.29) is 17.0 Å². The number of sulfone groups is 1. The van der Waals surface area contributed by atoms with E-state index >= 15 is 0 Å². The van der Waals surface area contributed by atoms with Crippen molar-refractivity contribution in [2.24, 2.45) is 4.99 Å². The highest BCUT2D eigenvalue weighted by Crippen LogP contribution is 2.22. The highest BCUT2D eigenvalue weighted by atomic mass is 32.2. The normalized spacial score (nSPS) is 12.5. The summed E-state index contributed by atoms with van der Waals surface area (Å²) in [5.74, 6) is -0.970. The summed E-state index contributed by atoms with van der Waals surface area (Å²) in [6.07, 6.45) is 0. The Morgan fingerprint density at radius 3 is 2.29 bits per heavy atom. The number of aromatic nitrogens is 1. The summed E-state index contributed by atoms with van der Waals surface area (Å²) in [5, 5.41) is -0.554. The SMILES string of the molecule is COC(=O)Cn1c(=NC(=O)c2ccc(S(=O)(=O)C(C)C)cc2)sc2cc(C)c(C)cc21. The van der Waals surface area contributed by atoms with Crippen molar-refractivity contribution in [3.63, 3.8) is 0 Å². The minimum absolute atomic E-state index is 0.0727. The van der Waals surface area contributed by atoms with Crippen LogP contribution in [-0.4, -0.2) is 37.2 Å². The first-order valence-corrected chi connectivity index (χ1v) is 12.0. The summed E-state index contributed by atoms with van der Waals surface area (Å²) in [7, 11) is -2.12. The lowest BCUT2D eigenvalue weighted by Crippen LogP contribution is -2.22. The molecule has 0 saturated carbocycles. The molecule has 0 radical (unpaired) electrons. The number of hydrogen-bond donors (Lipinski definition) is 0. The first-order chi connectivity index (χ1) is 14.5. The van der Waals surface area contributed by atoms with Crippen molar-refractivity contribution in [2.75, 3.05) is 7.11 Å². The second-order valence-electron chi connectivity index (χ2n) is 7.49. The number of nitrogens with zero attached hydrogens (tertiary/aromatic N) is 2. The lowest BCUT2D eigenvalue weighted by molar-refractivity contribution is -0.141. The number of hydrogen-bond acceptors (Lipinski definition) is 6. The molecule has 7 nitrogen and oxygen atoms in total. The van der Waals surface area contributed by atoms with Gasteiger partial charge >= 0.3 is 5.97 Å². The quantitative estimate of drug-likeness (QED) is 0.544. The third kappa shape index (κ3) is 4.62. The Kier molecular flexibility index (Phi) is 6.47. The first kappa shape index (κ1) is 22.9. The van der Waals surface area contributed by atoms with Crippen LogP contribution in [0, 0.1) is 13.8 Å². The van der Waals surface area contributed by atoms with Gasteiger partial charge in [0.15, 0.2) is 14.6 Å². The van der Waals surface area contributed by atoms with Crippen LogP contribution in [-0.2, 0) is 25.9 Å². The number of methoxy groups -OCH3 is 1. The molecular weight excluding hydrogens is 436 g/mol. The third-order valence-electron chi connectivity index (χ3n) is 5.06. The Labute approximate surface area is 184 Å². The lowest BCUT2D eigenvalue weighted by Gasteiger charge is -2.07. The molecule has 3 rings (SSSR count). The van der Waals surface area contributed by atoms with E-state index in [2.05, 4.69) is 4.99 Å². The van der Waals surface area contributed by atoms with Gasteiger partial charge < -0.3 is 9.30 Å². The summed E-state index contributed by atoms with van der Waals surface area (Å²) in [5.41, 5.74) is 3.21. The average Bonchev–Trinajstić information content (AvgIpc) is 3.03. The number of carbonyl (C=O) groups excluding carboxylic acids is 2. The van der Waals surface area contributed by atoms with Gasteiger partial charge in [-0.2, -0.15) is 4.99 Å². The molecule has 2 aromatic carbocycles. The van der Waals surface area contributed by atoms with Crippen LogP contribution in [0.2, 0.25) is 0 Å². The highest BCUT2D eigenvalue weighted by molar-refractivity contribution is 7.92. The number of fused-ring (bicyclic) bond motifs is 1. The maximum absolute atomic E-state index is 12.8. The molecule has 164 valence electrons. The monoisotopic (exact) mass is 460 g/mol. The smallest absolute Gasteiger partial charge is 0.325 e. The van der Waals surface area contributed by atoms with Gasteiger partial charge in [-0.25, -0.2) is 8.42 Å². The Bertz CT molecular complexity index is 1330. The van der Waals surface area contributed by atoms with E-state index in [9.17, 15) is 18.0 Å². The zero-order valence-corrected chi connectivity index (χ0v) is 19.6. The molecule has 1 amide bonds. The topological polar surface area (TPSA) is 94.8 Å². The molecule has 0 saturated heterocycles. The van der Waals surface area contributed by atoms with Gasteiger partial charge in [0.25, 0.3) is 5.91 Å². The highest BCUT2D eigenvalue weighted by Gasteiger charge is 2.19. The largest absolute Gasteiger partial charge is 0.468 e. The number of esters is 1. The average molecular weight is 461 g/mol. The fourth-order valence-electron chi connectivity index (χ4n) is 2.96. The van der Waals surface area contributed by atoms with Crippen LogP contribution in [0.25, 0.3) is 10.2 Å². The number of benzene rings is 2. The minimum atomic E-state index is -3.42. The van der Waals surface area contributed by atoms with Crippen LogP contribution >= 0.6 is 11.3 Å². The molecular formula is C22H24N2O5S2. The van der Waals surface area contributed by atoms with Gasteiger partial charge in [-0.05, 0) is 75.2 Å². The van der Waals surface area contributed by atoms with Gasteiger partial charge in [-0.1, -0.05) is 11.3 Å². The first-order valence-electron chi connectivity index (χ1n) is 9.65. The zero-order chi connectivity index (χ0) is 22.9. The molecule has 3 aromatic rings. The molecule has 0 N–H and O–H groups in total. The van der Waals surface area contributed by atoms with E-state index in [4.69, 9.17) is 4.74 Å². The van der Waals surface area contributed by atoms with Gasteiger partial charge in [-0.15, -0.1) is 0 Å². The number of ether oxygens (including phenoxy) is 1. The number of rotatable bonds is 5. The van der Waals surface area contributed by atoms with Crippen LogP contribution in [0.1, 0.15) is 35.3 Å². The summed E-state index contributed by atoms with van der Waals surface area (Å²) in [6.45, 7) is 7.11. The maximum atomic E-state index is 12.8. The summed E-state index contributed by atoms with van der Waals surface area (Å²) >= 11 is 1.31. The molecule has 0 bridgehead atoms. The van der Waals surface area contributed by atoms with Crippen LogP contribution in [0.3, 0.4) is 0 Å². The molecule has 0 atom stereocenters. The van der Waals surface area contributed by atoms with E-state index in [1.54, 1.807) is 18.4 Å². The maximum Gasteiger partial charge on any atom is 0.325 e. The van der Waals surface area contributed by atoms with Crippen LogP contribution < -0.4 is 4.80 Å². The van der Waals surface area contributed by atoms with Crippen molar-refractivity contribution in [2.45, 2.75) is 44.4 Å². The van der Waals surface area contributed by atoms with Gasteiger partial charge in [-0.3, -0.25) is 9.59 Å². The third-order valence-corrected chi connectivity index (χ3v) is 8.27. The van der Waals surface area contributed by atoms with Crippen molar-refractivity contribution in [1.82, 2.24) is 4.57 Å². The predicted molar refractivity (Wildman–Crippen MR) is 120 cm³/mol. The summed E-state index contributed by atoms with van der Waals surface area (Å²) in [4.78, 5) is 29.5. The van der Waals surface area contributed by atoms with E-state index in [1.807, 2.05) is 26.0 Å². The molecule has 0 unspecified atom stereocenters. The predicted octanol–water partition coefficient (Wildman–Crippen LogP) is 3.42. The van der Waals surface area contributed by atoms with Gasteiger partial charge in [0.1, 0.15) is 6.54 Å². The molecule has 1 heterocycles. The van der Waals surface area contributed by atoms with Crippen molar-refractivity contribution < 1.29 is 22.7 Å². The molecule has 0 aliphatic heterocycles. The van der Waals surface area contributed by atoms with E-state index < -0.39 is 27.0 Å². The van der Waals surface area contributed by atoms with Crippen molar-refractivity contribution in [3.8, 4) is 0 Å². The fraction of sp³-hybridized carbons (Fsp3) is 0.318. The Morgan fingerprint density at radius 1 is 1.10 bits per heavy atom. The number of carbonyl (C=O) groups is 2. The fourth-order valence-corrected chi connectivity index (χ4v) is 5.13. The van der Waals surface area contributed by atoms with Gasteiger partial charge in [0, 0.05) is 5.56 Å². The molecule has 9 heteroatoms. The lowest BCUT2D eigenvalue weighted by atomic mass is 10.1. The molecule has 1 aromatic heterocycles. The second-order valence-corrected chi connectivity index (χ2v) is 11.0. The van der Waals surface area contributed by atoms with Crippen molar-refractivity contribution in [1.29, 1.82) is 0 Å². The molecule has 31 heavy (non-hydrogen) atoms. The number of aryl methyl sites for hydroxylation is 2. The van der Waals surface area contributed by atoms with Gasteiger partial charge in [0.2, 0.25) is 0 Å². The van der Waals surface area contributed by atoms with E-state index in [1.165, 1.54) is 42.7 Å². The van der Waals surface area contributed by atoms with E-state index in [0.717, 1.165) is 21.3 Å². The van der Waals surface area contributed by atoms with Crippen molar-refractivity contribution >= 4 is 43.3 Å². The van der Waals surface area contributed by atoms with Crippen LogP contribution in [0.15, 0.2) is 46.3 Å². The minimum Gasteiger partial charge on any atom is -0.468 e. The molecule has 0 aliphatic carbocycles. The Hall–Kier alpha value is -2.78. The summed E-state index contributed by atoms with van der Waals surface area (Å²) in [6, 6.07) is 9.69. The van der Waals surface area contributed by atoms with Crippen LogP contribution in [0.5, 0.6) is 0 Å². The number of amides is 1. The van der Waals surface area contributed by atoms with Gasteiger partial charge in [0.05, 0.1) is 27.5 Å². The summed E-state index contributed by atoms with van der Waals surface area (Å²) < 4.78 is 31.9. The van der Waals surface area contributed by atoms with Crippen molar-refractivity contribution in [3.05, 3.63) is 57.9 Å². The van der Waals surface area contributed by atoms with E-state index in [0.29, 0.717) is 4.80 Å². The second kappa shape index (κ2) is 8.76. The molecule has 0 fully saturated rings. The standard InChI is InChI=1S/C22H24N2O5S2/c1-13(2)31(27,28)17-8-6-16(7-9-17)21(26)23-22-24(12-20(25)29-5)18-10-14(3)15(4)11-19(18)30-22/h6-11,13H,12H2,1-5H3. The zero-order valence-electron chi connectivity index (χ0n) is 18.0. The van der Waals surface area contributed by atoms with Crippen LogP contribution in [0.4, 0.5) is 0 Å². The molecule has 0 aliphatic rings.